The maximum Gasteiger partial charge on any atom is 0.0458 e. The van der Waals surface area contributed by atoms with Crippen LogP contribution in [0.5, 0.6) is 0 Å². The minimum absolute atomic E-state index is 0.0183. The topological polar surface area (TPSA) is 0 Å². The Balaban J connectivity index is 2.32. The maximum atomic E-state index is 6.38. The Morgan fingerprint density at radius 2 is 1.65 bits per heavy atom. The first-order valence-electron chi connectivity index (χ1n) is 5.67. The van der Waals surface area contributed by atoms with Gasteiger partial charge >= 0.3 is 0 Å². The molecule has 0 unspecified atom stereocenters. The molecule has 0 N–H and O–H groups in total. The van der Waals surface area contributed by atoms with E-state index < -0.39 is 0 Å². The molecule has 0 bridgehead atoms. The molecule has 0 amide bonds. The van der Waals surface area contributed by atoms with Crippen LogP contribution in [-0.4, -0.2) is 0 Å². The summed E-state index contributed by atoms with van der Waals surface area (Å²) in [6.07, 6.45) is 0. The molecule has 0 aliphatic carbocycles. The molecule has 2 heteroatoms. The zero-order valence-electron chi connectivity index (χ0n) is 9.83. The molecule has 17 heavy (non-hydrogen) atoms. The SMILES string of the molecule is CC1(C)c2ccccc2Sc2cccc(Cl)c21. The van der Waals surface area contributed by atoms with E-state index >= 15 is 0 Å². The summed E-state index contributed by atoms with van der Waals surface area (Å²) in [6.45, 7) is 4.49. The fourth-order valence-electron chi connectivity index (χ4n) is 2.52. The van der Waals surface area contributed by atoms with Crippen molar-refractivity contribution in [3.8, 4) is 0 Å². The first-order chi connectivity index (χ1) is 8.10. The van der Waals surface area contributed by atoms with Gasteiger partial charge in [-0.25, -0.2) is 0 Å². The van der Waals surface area contributed by atoms with Crippen LogP contribution in [0.15, 0.2) is 52.3 Å². The molecular weight excluding hydrogens is 248 g/mol. The molecule has 2 aromatic rings. The maximum absolute atomic E-state index is 6.38. The zero-order chi connectivity index (χ0) is 12.0. The van der Waals surface area contributed by atoms with E-state index in [0.717, 1.165) is 5.02 Å². The quantitative estimate of drug-likeness (QED) is 0.633. The smallest absolute Gasteiger partial charge is 0.0458 e. The number of halogens is 1. The Hall–Kier alpha value is -0.920. The van der Waals surface area contributed by atoms with Gasteiger partial charge in [0.15, 0.2) is 0 Å². The molecule has 1 aliphatic rings. The van der Waals surface area contributed by atoms with Gasteiger partial charge in [-0.1, -0.05) is 61.5 Å². The minimum atomic E-state index is -0.0183. The fraction of sp³-hybridized carbons (Fsp3) is 0.200. The van der Waals surface area contributed by atoms with Crippen LogP contribution in [0, 0.1) is 0 Å². The Morgan fingerprint density at radius 1 is 0.941 bits per heavy atom. The summed E-state index contributed by atoms with van der Waals surface area (Å²) in [6, 6.07) is 14.7. The highest BCUT2D eigenvalue weighted by Gasteiger charge is 2.34. The number of hydrogen-bond acceptors (Lipinski definition) is 1. The zero-order valence-corrected chi connectivity index (χ0v) is 11.4. The van der Waals surface area contributed by atoms with Crippen molar-refractivity contribution in [2.45, 2.75) is 29.1 Å². The summed E-state index contributed by atoms with van der Waals surface area (Å²) in [4.78, 5) is 2.62. The highest BCUT2D eigenvalue weighted by atomic mass is 35.5. The van der Waals surface area contributed by atoms with E-state index in [1.54, 1.807) is 0 Å². The molecule has 2 aromatic carbocycles. The molecule has 0 spiro atoms. The summed E-state index contributed by atoms with van der Waals surface area (Å²) in [5.74, 6) is 0. The number of benzene rings is 2. The lowest BCUT2D eigenvalue weighted by Gasteiger charge is -2.35. The van der Waals surface area contributed by atoms with Crippen molar-refractivity contribution >= 4 is 23.4 Å². The third-order valence-electron chi connectivity index (χ3n) is 3.38. The van der Waals surface area contributed by atoms with Crippen LogP contribution in [0.2, 0.25) is 5.02 Å². The van der Waals surface area contributed by atoms with E-state index in [2.05, 4.69) is 44.2 Å². The van der Waals surface area contributed by atoms with E-state index in [1.165, 1.54) is 20.9 Å². The molecule has 0 atom stereocenters. The van der Waals surface area contributed by atoms with E-state index in [4.69, 9.17) is 11.6 Å². The van der Waals surface area contributed by atoms with Gasteiger partial charge in [0.25, 0.3) is 0 Å². The van der Waals surface area contributed by atoms with Gasteiger partial charge in [-0.05, 0) is 29.3 Å². The highest BCUT2D eigenvalue weighted by molar-refractivity contribution is 7.99. The first kappa shape index (κ1) is 11.2. The molecule has 0 saturated carbocycles. The van der Waals surface area contributed by atoms with Crippen molar-refractivity contribution in [2.75, 3.05) is 0 Å². The summed E-state index contributed by atoms with van der Waals surface area (Å²) < 4.78 is 0. The van der Waals surface area contributed by atoms with Crippen LogP contribution in [0.3, 0.4) is 0 Å². The monoisotopic (exact) mass is 260 g/mol. The van der Waals surface area contributed by atoms with Crippen LogP contribution in [0.4, 0.5) is 0 Å². The molecule has 0 fully saturated rings. The highest BCUT2D eigenvalue weighted by Crippen LogP contribution is 2.50. The molecule has 1 aliphatic heterocycles. The second kappa shape index (κ2) is 3.79. The largest absolute Gasteiger partial charge is 0.0894 e. The second-order valence-corrected chi connectivity index (χ2v) is 6.33. The van der Waals surface area contributed by atoms with Crippen LogP contribution >= 0.6 is 23.4 Å². The van der Waals surface area contributed by atoms with Gasteiger partial charge in [0.05, 0.1) is 0 Å². The third-order valence-corrected chi connectivity index (χ3v) is 4.83. The number of fused-ring (bicyclic) bond motifs is 2. The summed E-state index contributed by atoms with van der Waals surface area (Å²) in [5, 5.41) is 0.870. The number of hydrogen-bond donors (Lipinski definition) is 0. The summed E-state index contributed by atoms with van der Waals surface area (Å²) in [5.41, 5.74) is 2.60. The van der Waals surface area contributed by atoms with Gasteiger partial charge in [0.1, 0.15) is 0 Å². The van der Waals surface area contributed by atoms with E-state index in [9.17, 15) is 0 Å². The van der Waals surface area contributed by atoms with Crippen molar-refractivity contribution in [2.24, 2.45) is 0 Å². The predicted molar refractivity (Wildman–Crippen MR) is 74.1 cm³/mol. The van der Waals surface area contributed by atoms with Crippen LogP contribution in [-0.2, 0) is 5.41 Å². The molecule has 1 heterocycles. The third kappa shape index (κ3) is 1.61. The van der Waals surface area contributed by atoms with Gasteiger partial charge in [-0.15, -0.1) is 0 Å². The van der Waals surface area contributed by atoms with Gasteiger partial charge in [0.2, 0.25) is 0 Å². The Bertz CT molecular complexity index is 587. The van der Waals surface area contributed by atoms with Crippen molar-refractivity contribution < 1.29 is 0 Å². The van der Waals surface area contributed by atoms with E-state index in [1.807, 2.05) is 23.9 Å². The molecule has 0 saturated heterocycles. The molecule has 0 nitrogen and oxygen atoms in total. The standard InChI is InChI=1S/C15H13ClS/c1-15(2)10-6-3-4-8-12(10)17-13-9-5-7-11(16)14(13)15/h3-9H,1-2H3. The van der Waals surface area contributed by atoms with Crippen LogP contribution in [0.25, 0.3) is 0 Å². The number of rotatable bonds is 0. The Kier molecular flexibility index (Phi) is 2.49. The van der Waals surface area contributed by atoms with Gasteiger partial charge < -0.3 is 0 Å². The first-order valence-corrected chi connectivity index (χ1v) is 6.86. The lowest BCUT2D eigenvalue weighted by Crippen LogP contribution is -2.24. The second-order valence-electron chi connectivity index (χ2n) is 4.84. The van der Waals surface area contributed by atoms with Crippen molar-refractivity contribution in [1.29, 1.82) is 0 Å². The summed E-state index contributed by atoms with van der Waals surface area (Å²) >= 11 is 8.19. The van der Waals surface area contributed by atoms with Crippen molar-refractivity contribution in [1.82, 2.24) is 0 Å². The van der Waals surface area contributed by atoms with Crippen LogP contribution < -0.4 is 0 Å². The normalized spacial score (nSPS) is 16.2. The average Bonchev–Trinajstić information content (AvgIpc) is 2.28. The molecule has 3 rings (SSSR count). The lowest BCUT2D eigenvalue weighted by molar-refractivity contribution is 0.607. The van der Waals surface area contributed by atoms with E-state index in [-0.39, 0.29) is 5.41 Å². The van der Waals surface area contributed by atoms with Gasteiger partial charge in [0, 0.05) is 20.2 Å². The van der Waals surface area contributed by atoms with Crippen molar-refractivity contribution in [3.63, 3.8) is 0 Å². The fourth-order valence-corrected chi connectivity index (χ4v) is 4.42. The summed E-state index contributed by atoms with van der Waals surface area (Å²) in [7, 11) is 0. The Morgan fingerprint density at radius 3 is 2.47 bits per heavy atom. The minimum Gasteiger partial charge on any atom is -0.0894 e. The van der Waals surface area contributed by atoms with Gasteiger partial charge in [-0.2, -0.15) is 0 Å². The average molecular weight is 261 g/mol. The molecule has 86 valence electrons. The molecular formula is C15H13ClS. The van der Waals surface area contributed by atoms with Crippen molar-refractivity contribution in [3.05, 3.63) is 58.6 Å². The van der Waals surface area contributed by atoms with Gasteiger partial charge in [-0.3, -0.25) is 0 Å². The molecule has 0 radical (unpaired) electrons. The van der Waals surface area contributed by atoms with Crippen LogP contribution in [0.1, 0.15) is 25.0 Å². The predicted octanol–water partition coefficient (Wildman–Crippen LogP) is 5.13. The van der Waals surface area contributed by atoms with E-state index in [0.29, 0.717) is 0 Å². The molecule has 0 aromatic heterocycles. The Labute approximate surface area is 111 Å². The lowest BCUT2D eigenvalue weighted by atomic mass is 9.77.